The lowest BCUT2D eigenvalue weighted by atomic mass is 10.0. The van der Waals surface area contributed by atoms with Gasteiger partial charge in [0.2, 0.25) is 5.91 Å². The lowest BCUT2D eigenvalue weighted by Gasteiger charge is -2.23. The Bertz CT molecular complexity index is 1120. The van der Waals surface area contributed by atoms with Gasteiger partial charge in [-0.1, -0.05) is 60.7 Å². The maximum Gasteiger partial charge on any atom is 0.332 e. The molecule has 0 atom stereocenters. The predicted molar refractivity (Wildman–Crippen MR) is 132 cm³/mol. The molecule has 7 nitrogen and oxygen atoms in total. The minimum Gasteiger partial charge on any atom is -0.350 e. The van der Waals surface area contributed by atoms with Crippen molar-refractivity contribution in [3.8, 4) is 0 Å². The van der Waals surface area contributed by atoms with Crippen LogP contribution in [-0.2, 0) is 17.9 Å². The summed E-state index contributed by atoms with van der Waals surface area (Å²) in [4.78, 5) is 38.7. The number of Topliss-reactive ketones (excluding diaryl/α,β-unsaturated/α-hetero) is 1. The van der Waals surface area contributed by atoms with E-state index in [2.05, 4.69) is 10.5 Å². The number of carbonyl (C=O) groups is 3. The molecule has 0 spiro atoms. The average Bonchev–Trinajstić information content (AvgIpc) is 2.86. The number of nitrogens with one attached hydrogen (secondary N) is 1. The Morgan fingerprint density at radius 3 is 1.86 bits per heavy atom. The van der Waals surface area contributed by atoms with Crippen LogP contribution in [0.4, 0.5) is 9.18 Å². The number of hydrazone groups is 1. The van der Waals surface area contributed by atoms with Crippen LogP contribution in [0.1, 0.15) is 40.7 Å². The van der Waals surface area contributed by atoms with Gasteiger partial charge in [-0.15, -0.1) is 0 Å². The number of amides is 3. The van der Waals surface area contributed by atoms with Gasteiger partial charge in [0.25, 0.3) is 0 Å². The molecule has 3 rings (SSSR count). The fraction of sp³-hybridized carbons (Fsp3) is 0.185. The summed E-state index contributed by atoms with van der Waals surface area (Å²) in [6, 6.07) is 23.6. The third kappa shape index (κ3) is 8.51. The molecule has 35 heavy (non-hydrogen) atoms. The van der Waals surface area contributed by atoms with Crippen molar-refractivity contribution >= 4 is 23.4 Å². The van der Waals surface area contributed by atoms with Gasteiger partial charge in [0.05, 0.1) is 6.42 Å². The van der Waals surface area contributed by atoms with E-state index in [0.29, 0.717) is 24.4 Å². The van der Waals surface area contributed by atoms with E-state index >= 15 is 0 Å². The molecule has 3 aromatic carbocycles. The summed E-state index contributed by atoms with van der Waals surface area (Å²) in [6.07, 6.45) is 0.0817. The summed E-state index contributed by atoms with van der Waals surface area (Å²) in [5.41, 5.74) is 9.84. The minimum absolute atomic E-state index is 0.0790. The predicted octanol–water partition coefficient (Wildman–Crippen LogP) is 4.43. The van der Waals surface area contributed by atoms with Crippen LogP contribution in [-0.4, -0.2) is 28.3 Å². The number of ketones is 1. The number of rotatable bonds is 11. The number of primary amides is 1. The molecule has 0 heterocycles. The molecule has 0 aromatic heterocycles. The van der Waals surface area contributed by atoms with Gasteiger partial charge in [0.1, 0.15) is 5.82 Å². The first-order valence-corrected chi connectivity index (χ1v) is 11.2. The smallest absolute Gasteiger partial charge is 0.332 e. The maximum absolute atomic E-state index is 13.2. The minimum atomic E-state index is -0.877. The van der Waals surface area contributed by atoms with Crippen molar-refractivity contribution < 1.29 is 18.8 Å². The third-order valence-electron chi connectivity index (χ3n) is 5.27. The van der Waals surface area contributed by atoms with E-state index in [1.54, 1.807) is 4.90 Å². The van der Waals surface area contributed by atoms with Gasteiger partial charge < -0.3 is 10.6 Å². The molecule has 8 heteroatoms. The van der Waals surface area contributed by atoms with Gasteiger partial charge in [-0.3, -0.25) is 9.59 Å². The first-order chi connectivity index (χ1) is 16.9. The topological polar surface area (TPSA) is 105 Å². The van der Waals surface area contributed by atoms with Crippen LogP contribution < -0.4 is 11.2 Å². The van der Waals surface area contributed by atoms with Crippen LogP contribution in [0.3, 0.4) is 0 Å². The molecule has 3 aromatic rings. The van der Waals surface area contributed by atoms with Crippen molar-refractivity contribution in [1.82, 2.24) is 10.3 Å². The zero-order chi connectivity index (χ0) is 25.0. The van der Waals surface area contributed by atoms with Gasteiger partial charge in [-0.2, -0.15) is 5.10 Å². The highest BCUT2D eigenvalue weighted by atomic mass is 19.1. The van der Waals surface area contributed by atoms with E-state index in [-0.39, 0.29) is 31.0 Å². The van der Waals surface area contributed by atoms with Crippen molar-refractivity contribution in [1.29, 1.82) is 0 Å². The molecule has 0 aliphatic heterocycles. The molecule has 180 valence electrons. The lowest BCUT2D eigenvalue weighted by Crippen LogP contribution is -2.31. The molecule has 0 fully saturated rings. The van der Waals surface area contributed by atoms with Gasteiger partial charge in [-0.05, 0) is 41.8 Å². The molecular formula is C27H27FN4O3. The second-order valence-electron chi connectivity index (χ2n) is 7.98. The van der Waals surface area contributed by atoms with Crippen LogP contribution in [0.15, 0.2) is 90.0 Å². The fourth-order valence-electron chi connectivity index (χ4n) is 3.49. The van der Waals surface area contributed by atoms with E-state index in [4.69, 9.17) is 5.73 Å². The number of hydrogen-bond donors (Lipinski definition) is 2. The van der Waals surface area contributed by atoms with E-state index in [0.717, 1.165) is 11.1 Å². The molecule has 0 unspecified atom stereocenters. The lowest BCUT2D eigenvalue weighted by molar-refractivity contribution is -0.132. The van der Waals surface area contributed by atoms with Crippen molar-refractivity contribution in [2.45, 2.75) is 32.4 Å². The van der Waals surface area contributed by atoms with Crippen molar-refractivity contribution in [2.24, 2.45) is 10.8 Å². The van der Waals surface area contributed by atoms with E-state index in [1.165, 1.54) is 24.3 Å². The van der Waals surface area contributed by atoms with Gasteiger partial charge in [0, 0.05) is 30.8 Å². The Morgan fingerprint density at radius 1 is 0.800 bits per heavy atom. The maximum atomic E-state index is 13.2. The standard InChI is InChI=1S/C27H27FN4O3/c28-23-13-11-22(12-14-23)25(33)17-24(30-31-27(29)35)15-16-26(34)32(18-20-7-3-1-4-8-20)19-21-9-5-2-6-10-21/h1-14H,15-19H2,(H3,29,31,35)/b30-24-. The second kappa shape index (κ2) is 12.8. The molecule has 0 aliphatic carbocycles. The molecule has 0 aliphatic rings. The van der Waals surface area contributed by atoms with Gasteiger partial charge >= 0.3 is 6.03 Å². The quantitative estimate of drug-likeness (QED) is 0.244. The number of nitrogens with zero attached hydrogens (tertiary/aromatic N) is 2. The molecule has 0 radical (unpaired) electrons. The Kier molecular flexibility index (Phi) is 9.24. The number of halogens is 1. The number of hydrogen-bond acceptors (Lipinski definition) is 4. The van der Waals surface area contributed by atoms with Crippen LogP contribution >= 0.6 is 0 Å². The van der Waals surface area contributed by atoms with E-state index < -0.39 is 11.8 Å². The summed E-state index contributed by atoms with van der Waals surface area (Å²) in [6.45, 7) is 0.851. The Hall–Kier alpha value is -4.33. The summed E-state index contributed by atoms with van der Waals surface area (Å²) in [5, 5.41) is 3.93. The highest BCUT2D eigenvalue weighted by Crippen LogP contribution is 2.14. The highest BCUT2D eigenvalue weighted by molar-refractivity contribution is 6.10. The van der Waals surface area contributed by atoms with Crippen molar-refractivity contribution in [3.05, 3.63) is 107 Å². The Morgan fingerprint density at radius 2 is 1.34 bits per heavy atom. The van der Waals surface area contributed by atoms with Crippen molar-refractivity contribution in [2.75, 3.05) is 0 Å². The molecule has 3 N–H and O–H groups in total. The Labute approximate surface area is 203 Å². The van der Waals surface area contributed by atoms with Gasteiger partial charge in [-0.25, -0.2) is 14.6 Å². The third-order valence-corrected chi connectivity index (χ3v) is 5.27. The van der Waals surface area contributed by atoms with E-state index in [9.17, 15) is 18.8 Å². The molecule has 0 saturated heterocycles. The Balaban J connectivity index is 1.71. The average molecular weight is 475 g/mol. The number of nitrogens with two attached hydrogens (primary N) is 1. The number of benzene rings is 3. The molecule has 0 saturated carbocycles. The van der Waals surface area contributed by atoms with Crippen molar-refractivity contribution in [3.63, 3.8) is 0 Å². The second-order valence-corrected chi connectivity index (χ2v) is 7.98. The number of carbonyl (C=O) groups excluding carboxylic acids is 3. The number of urea groups is 1. The molecule has 3 amide bonds. The largest absolute Gasteiger partial charge is 0.350 e. The normalized spacial score (nSPS) is 11.1. The fourth-order valence-corrected chi connectivity index (χ4v) is 3.49. The van der Waals surface area contributed by atoms with Crippen LogP contribution in [0.25, 0.3) is 0 Å². The zero-order valence-corrected chi connectivity index (χ0v) is 19.2. The SMILES string of the molecule is NC(=O)N/N=C(/CCC(=O)N(Cc1ccccc1)Cc1ccccc1)CC(=O)c1ccc(F)cc1. The van der Waals surface area contributed by atoms with Gasteiger partial charge in [0.15, 0.2) is 5.78 Å². The molecular weight excluding hydrogens is 447 g/mol. The molecule has 0 bridgehead atoms. The van der Waals surface area contributed by atoms with E-state index in [1.807, 2.05) is 60.7 Å². The summed E-state index contributed by atoms with van der Waals surface area (Å²) in [7, 11) is 0. The van der Waals surface area contributed by atoms with Crippen LogP contribution in [0.5, 0.6) is 0 Å². The summed E-state index contributed by atoms with van der Waals surface area (Å²) < 4.78 is 13.2. The monoisotopic (exact) mass is 474 g/mol. The first-order valence-electron chi connectivity index (χ1n) is 11.2. The zero-order valence-electron chi connectivity index (χ0n) is 19.2. The summed E-state index contributed by atoms with van der Waals surface area (Å²) in [5.74, 6) is -0.889. The van der Waals surface area contributed by atoms with Crippen LogP contribution in [0, 0.1) is 5.82 Å². The first kappa shape index (κ1) is 25.3. The summed E-state index contributed by atoms with van der Waals surface area (Å²) >= 11 is 0. The van der Waals surface area contributed by atoms with Crippen LogP contribution in [0.2, 0.25) is 0 Å². The highest BCUT2D eigenvalue weighted by Gasteiger charge is 2.18.